The maximum absolute atomic E-state index is 9.82. The maximum atomic E-state index is 9.82. The molecule has 2 fully saturated rings. The SMILES string of the molecule is O[C@@H]1CCCC[C@H]1SCC1CCCC1. The van der Waals surface area contributed by atoms with E-state index < -0.39 is 0 Å². The van der Waals surface area contributed by atoms with E-state index in [1.54, 1.807) is 0 Å². The molecule has 0 saturated heterocycles. The summed E-state index contributed by atoms with van der Waals surface area (Å²) < 4.78 is 0. The average molecular weight is 214 g/mol. The molecular formula is C12H22OS. The molecule has 0 amide bonds. The predicted octanol–water partition coefficient (Wildman–Crippen LogP) is 3.21. The van der Waals surface area contributed by atoms with Crippen LogP contribution >= 0.6 is 11.8 Å². The molecular weight excluding hydrogens is 192 g/mol. The van der Waals surface area contributed by atoms with E-state index in [1.807, 2.05) is 0 Å². The first kappa shape index (κ1) is 10.8. The Kier molecular flexibility index (Phi) is 4.18. The van der Waals surface area contributed by atoms with Gasteiger partial charge in [0, 0.05) is 5.25 Å². The van der Waals surface area contributed by atoms with Crippen LogP contribution in [0.25, 0.3) is 0 Å². The van der Waals surface area contributed by atoms with Gasteiger partial charge < -0.3 is 5.11 Å². The normalized spacial score (nSPS) is 34.9. The summed E-state index contributed by atoms with van der Waals surface area (Å²) in [5, 5.41) is 10.4. The van der Waals surface area contributed by atoms with Gasteiger partial charge in [-0.2, -0.15) is 11.8 Å². The third-order valence-corrected chi connectivity index (χ3v) is 5.33. The van der Waals surface area contributed by atoms with Gasteiger partial charge in [0.2, 0.25) is 0 Å². The van der Waals surface area contributed by atoms with Gasteiger partial charge in [-0.3, -0.25) is 0 Å². The van der Waals surface area contributed by atoms with E-state index in [4.69, 9.17) is 0 Å². The van der Waals surface area contributed by atoms with Gasteiger partial charge >= 0.3 is 0 Å². The summed E-state index contributed by atoms with van der Waals surface area (Å²) >= 11 is 2.05. The molecule has 82 valence electrons. The van der Waals surface area contributed by atoms with Crippen molar-refractivity contribution in [3.63, 3.8) is 0 Å². The molecule has 0 aromatic carbocycles. The molecule has 2 aliphatic carbocycles. The minimum absolute atomic E-state index is 0.00449. The van der Waals surface area contributed by atoms with Crippen molar-refractivity contribution < 1.29 is 5.11 Å². The molecule has 0 aliphatic heterocycles. The lowest BCUT2D eigenvalue weighted by molar-refractivity contribution is 0.137. The molecule has 0 aromatic heterocycles. The topological polar surface area (TPSA) is 20.2 Å². The standard InChI is InChI=1S/C12H22OS/c13-11-7-3-4-8-12(11)14-9-10-5-1-2-6-10/h10-13H,1-9H2/t11-,12-/m1/s1. The van der Waals surface area contributed by atoms with Crippen molar-refractivity contribution >= 4 is 11.8 Å². The van der Waals surface area contributed by atoms with E-state index in [-0.39, 0.29) is 6.10 Å². The van der Waals surface area contributed by atoms with Gasteiger partial charge in [-0.1, -0.05) is 25.7 Å². The van der Waals surface area contributed by atoms with Crippen LogP contribution in [0.4, 0.5) is 0 Å². The Hall–Kier alpha value is 0.310. The second-order valence-corrected chi connectivity index (χ2v) is 6.15. The van der Waals surface area contributed by atoms with E-state index in [2.05, 4.69) is 11.8 Å². The molecule has 0 bridgehead atoms. The molecule has 2 aliphatic rings. The molecule has 0 spiro atoms. The van der Waals surface area contributed by atoms with Crippen LogP contribution in [0, 0.1) is 5.92 Å². The number of hydrogen-bond acceptors (Lipinski definition) is 2. The van der Waals surface area contributed by atoms with Gasteiger partial charge in [-0.15, -0.1) is 0 Å². The van der Waals surface area contributed by atoms with Crippen molar-refractivity contribution in [2.24, 2.45) is 5.92 Å². The van der Waals surface area contributed by atoms with E-state index in [9.17, 15) is 5.11 Å². The average Bonchev–Trinajstić information content (AvgIpc) is 2.69. The first-order valence-electron chi connectivity index (χ1n) is 6.16. The molecule has 1 N–H and O–H groups in total. The second kappa shape index (κ2) is 5.41. The Morgan fingerprint density at radius 2 is 1.57 bits per heavy atom. The smallest absolute Gasteiger partial charge is 0.0658 e. The highest BCUT2D eigenvalue weighted by molar-refractivity contribution is 7.99. The first-order chi connectivity index (χ1) is 6.86. The van der Waals surface area contributed by atoms with E-state index in [0.29, 0.717) is 5.25 Å². The Bertz CT molecular complexity index is 166. The molecule has 1 nitrogen and oxygen atoms in total. The monoisotopic (exact) mass is 214 g/mol. The highest BCUT2D eigenvalue weighted by Crippen LogP contribution is 2.34. The summed E-state index contributed by atoms with van der Waals surface area (Å²) in [7, 11) is 0. The van der Waals surface area contributed by atoms with Crippen LogP contribution in [-0.2, 0) is 0 Å². The van der Waals surface area contributed by atoms with Crippen molar-refractivity contribution in [2.45, 2.75) is 62.7 Å². The van der Waals surface area contributed by atoms with Crippen molar-refractivity contribution in [1.29, 1.82) is 0 Å². The Morgan fingerprint density at radius 1 is 0.929 bits per heavy atom. The highest BCUT2D eigenvalue weighted by Gasteiger charge is 2.25. The van der Waals surface area contributed by atoms with Crippen LogP contribution in [0.1, 0.15) is 51.4 Å². The lowest BCUT2D eigenvalue weighted by atomic mass is 9.97. The minimum atomic E-state index is -0.00449. The lowest BCUT2D eigenvalue weighted by Crippen LogP contribution is -2.27. The fraction of sp³-hybridized carbons (Fsp3) is 1.00. The van der Waals surface area contributed by atoms with Crippen LogP contribution in [0.5, 0.6) is 0 Å². The molecule has 2 atom stereocenters. The Morgan fingerprint density at radius 3 is 2.29 bits per heavy atom. The molecule has 14 heavy (non-hydrogen) atoms. The van der Waals surface area contributed by atoms with E-state index >= 15 is 0 Å². The fourth-order valence-electron chi connectivity index (χ4n) is 2.71. The maximum Gasteiger partial charge on any atom is 0.0658 e. The predicted molar refractivity (Wildman–Crippen MR) is 62.7 cm³/mol. The molecule has 2 saturated carbocycles. The summed E-state index contributed by atoms with van der Waals surface area (Å²) in [6.07, 6.45) is 10.6. The van der Waals surface area contributed by atoms with Crippen molar-refractivity contribution in [3.8, 4) is 0 Å². The van der Waals surface area contributed by atoms with Crippen LogP contribution in [0.2, 0.25) is 0 Å². The molecule has 2 rings (SSSR count). The number of aliphatic hydroxyl groups excluding tert-OH is 1. The largest absolute Gasteiger partial charge is 0.392 e. The molecule has 0 unspecified atom stereocenters. The van der Waals surface area contributed by atoms with Gasteiger partial charge in [0.15, 0.2) is 0 Å². The van der Waals surface area contributed by atoms with Crippen molar-refractivity contribution in [2.75, 3.05) is 5.75 Å². The molecule has 2 heteroatoms. The fourth-order valence-corrected chi connectivity index (χ4v) is 4.25. The first-order valence-corrected chi connectivity index (χ1v) is 7.21. The van der Waals surface area contributed by atoms with Crippen LogP contribution < -0.4 is 0 Å². The zero-order chi connectivity index (χ0) is 9.80. The molecule has 0 radical (unpaired) electrons. The van der Waals surface area contributed by atoms with Gasteiger partial charge in [0.1, 0.15) is 0 Å². The Labute approximate surface area is 91.7 Å². The summed E-state index contributed by atoms with van der Waals surface area (Å²) in [5.41, 5.74) is 0. The zero-order valence-electron chi connectivity index (χ0n) is 8.95. The highest BCUT2D eigenvalue weighted by atomic mass is 32.2. The lowest BCUT2D eigenvalue weighted by Gasteiger charge is -2.27. The number of hydrogen-bond donors (Lipinski definition) is 1. The number of rotatable bonds is 3. The van der Waals surface area contributed by atoms with Gasteiger partial charge in [0.05, 0.1) is 6.10 Å². The third-order valence-electron chi connectivity index (χ3n) is 3.69. The van der Waals surface area contributed by atoms with E-state index in [1.165, 1.54) is 50.7 Å². The summed E-state index contributed by atoms with van der Waals surface area (Å²) in [6.45, 7) is 0. The molecule has 0 aromatic rings. The summed E-state index contributed by atoms with van der Waals surface area (Å²) in [6, 6.07) is 0. The number of aliphatic hydroxyl groups is 1. The van der Waals surface area contributed by atoms with Gasteiger partial charge in [0.25, 0.3) is 0 Å². The molecule has 0 heterocycles. The van der Waals surface area contributed by atoms with Crippen LogP contribution in [-0.4, -0.2) is 22.2 Å². The summed E-state index contributed by atoms with van der Waals surface area (Å²) in [4.78, 5) is 0. The number of thioether (sulfide) groups is 1. The van der Waals surface area contributed by atoms with Crippen molar-refractivity contribution in [3.05, 3.63) is 0 Å². The third kappa shape index (κ3) is 2.90. The van der Waals surface area contributed by atoms with E-state index in [0.717, 1.165) is 12.3 Å². The summed E-state index contributed by atoms with van der Waals surface area (Å²) in [5.74, 6) is 2.27. The van der Waals surface area contributed by atoms with Crippen LogP contribution in [0.3, 0.4) is 0 Å². The minimum Gasteiger partial charge on any atom is -0.392 e. The Balaban J connectivity index is 1.67. The van der Waals surface area contributed by atoms with Crippen LogP contribution in [0.15, 0.2) is 0 Å². The quantitative estimate of drug-likeness (QED) is 0.778. The van der Waals surface area contributed by atoms with Crippen molar-refractivity contribution in [1.82, 2.24) is 0 Å². The zero-order valence-corrected chi connectivity index (χ0v) is 9.77. The second-order valence-electron chi connectivity index (χ2n) is 4.87. The van der Waals surface area contributed by atoms with Gasteiger partial charge in [-0.25, -0.2) is 0 Å². The van der Waals surface area contributed by atoms with Gasteiger partial charge in [-0.05, 0) is 37.4 Å².